The summed E-state index contributed by atoms with van der Waals surface area (Å²) < 4.78 is 0. The Hall–Kier alpha value is -0.890. The van der Waals surface area contributed by atoms with Gasteiger partial charge in [0.25, 0.3) is 0 Å². The van der Waals surface area contributed by atoms with Gasteiger partial charge in [0.05, 0.1) is 0 Å². The lowest BCUT2D eigenvalue weighted by Gasteiger charge is -2.34. The van der Waals surface area contributed by atoms with E-state index in [2.05, 4.69) is 29.2 Å². The lowest BCUT2D eigenvalue weighted by Crippen LogP contribution is -2.45. The average Bonchev–Trinajstić information content (AvgIpc) is 2.28. The third kappa shape index (κ3) is 3.31. The first-order chi connectivity index (χ1) is 7.49. The molecular weight excluding hydrogens is 200 g/mol. The molecule has 0 aromatic carbocycles. The van der Waals surface area contributed by atoms with Crippen molar-refractivity contribution >= 4 is 6.29 Å². The van der Waals surface area contributed by atoms with Crippen molar-refractivity contribution in [1.29, 1.82) is 0 Å². The molecule has 0 atom stereocenters. The van der Waals surface area contributed by atoms with Crippen molar-refractivity contribution in [2.24, 2.45) is 5.41 Å². The average molecular weight is 222 g/mol. The number of rotatable bonds is 4. The zero-order valence-electron chi connectivity index (χ0n) is 10.6. The second-order valence-electron chi connectivity index (χ2n) is 5.07. The molecule has 0 aromatic heterocycles. The van der Waals surface area contributed by atoms with Crippen LogP contribution < -0.4 is 0 Å². The van der Waals surface area contributed by atoms with E-state index in [9.17, 15) is 4.79 Å². The van der Waals surface area contributed by atoms with E-state index in [1.807, 2.05) is 13.8 Å². The molecule has 0 aliphatic carbocycles. The van der Waals surface area contributed by atoms with Crippen LogP contribution >= 0.6 is 0 Å². The van der Waals surface area contributed by atoms with Crippen LogP contribution in [0.2, 0.25) is 0 Å². The van der Waals surface area contributed by atoms with Crippen LogP contribution in [0.4, 0.5) is 0 Å². The molecule has 1 heterocycles. The summed E-state index contributed by atoms with van der Waals surface area (Å²) in [6, 6.07) is 0. The molecule has 3 nitrogen and oxygen atoms in total. The Morgan fingerprint density at radius 2 is 1.94 bits per heavy atom. The molecule has 90 valence electrons. The maximum absolute atomic E-state index is 11.0. The molecule has 1 saturated heterocycles. The number of likely N-dealkylation sites (N-methyl/N-ethyl adjacent to an activating group) is 1. The van der Waals surface area contributed by atoms with Gasteiger partial charge in [-0.15, -0.1) is 5.73 Å². The van der Waals surface area contributed by atoms with Crippen LogP contribution in [0.15, 0.2) is 17.9 Å². The number of carbonyl (C=O) groups excluding carboxylic acids is 1. The Kier molecular flexibility index (Phi) is 4.48. The smallest absolute Gasteiger partial charge is 0.130 e. The minimum absolute atomic E-state index is 0.439. The number of hydrogen-bond acceptors (Lipinski definition) is 3. The van der Waals surface area contributed by atoms with Crippen LogP contribution in [0.3, 0.4) is 0 Å². The predicted octanol–water partition coefficient (Wildman–Crippen LogP) is 1.17. The molecule has 0 aromatic rings. The molecule has 0 bridgehead atoms. The molecule has 1 rings (SSSR count). The summed E-state index contributed by atoms with van der Waals surface area (Å²) in [5.74, 6) is 0. The highest BCUT2D eigenvalue weighted by Gasteiger charge is 2.25. The molecule has 0 radical (unpaired) electrons. The van der Waals surface area contributed by atoms with Crippen LogP contribution in [0, 0.1) is 5.41 Å². The van der Waals surface area contributed by atoms with Crippen LogP contribution in [-0.2, 0) is 4.79 Å². The Labute approximate surface area is 98.4 Å². The highest BCUT2D eigenvalue weighted by molar-refractivity contribution is 5.63. The summed E-state index contributed by atoms with van der Waals surface area (Å²) in [4.78, 5) is 15.7. The molecular formula is C13H22N2O. The zero-order valence-corrected chi connectivity index (χ0v) is 10.6. The number of aldehydes is 1. The van der Waals surface area contributed by atoms with E-state index >= 15 is 0 Å². The second kappa shape index (κ2) is 5.44. The molecule has 0 N–H and O–H groups in total. The van der Waals surface area contributed by atoms with Gasteiger partial charge in [-0.1, -0.05) is 6.58 Å². The largest absolute Gasteiger partial charge is 0.304 e. The highest BCUT2D eigenvalue weighted by Crippen LogP contribution is 2.23. The quantitative estimate of drug-likeness (QED) is 0.527. The maximum Gasteiger partial charge on any atom is 0.130 e. The first-order valence-electron chi connectivity index (χ1n) is 5.76. The lowest BCUT2D eigenvalue weighted by atomic mass is 9.86. The maximum atomic E-state index is 11.0. The Bertz CT molecular complexity index is 295. The van der Waals surface area contributed by atoms with E-state index < -0.39 is 5.41 Å². The number of piperazine rings is 1. The standard InChI is InChI=1S/C13H22N2O/c1-5-12(13(2,3)11-16)10-15-8-6-14(4)7-9-15/h11H,1,6-10H2,2-4H3. The van der Waals surface area contributed by atoms with Gasteiger partial charge in [-0.2, -0.15) is 0 Å². The summed E-state index contributed by atoms with van der Waals surface area (Å²) in [6.07, 6.45) is 0.983. The second-order valence-corrected chi connectivity index (χ2v) is 5.07. The van der Waals surface area contributed by atoms with E-state index in [1.165, 1.54) is 0 Å². The molecule has 0 amide bonds. The van der Waals surface area contributed by atoms with Gasteiger partial charge in [-0.3, -0.25) is 4.90 Å². The van der Waals surface area contributed by atoms with Crippen molar-refractivity contribution in [1.82, 2.24) is 9.80 Å². The van der Waals surface area contributed by atoms with E-state index in [0.717, 1.165) is 44.6 Å². The molecule has 0 unspecified atom stereocenters. The Morgan fingerprint density at radius 3 is 2.38 bits per heavy atom. The fourth-order valence-electron chi connectivity index (χ4n) is 1.79. The summed E-state index contributed by atoms with van der Waals surface area (Å²) in [6.45, 7) is 12.6. The summed E-state index contributed by atoms with van der Waals surface area (Å²) in [7, 11) is 2.14. The Morgan fingerprint density at radius 1 is 1.38 bits per heavy atom. The predicted molar refractivity (Wildman–Crippen MR) is 66.4 cm³/mol. The van der Waals surface area contributed by atoms with Crippen LogP contribution in [0.5, 0.6) is 0 Å². The van der Waals surface area contributed by atoms with Crippen molar-refractivity contribution < 1.29 is 4.79 Å². The van der Waals surface area contributed by atoms with Gasteiger partial charge in [-0.05, 0) is 26.5 Å². The van der Waals surface area contributed by atoms with E-state index in [4.69, 9.17) is 0 Å². The summed E-state index contributed by atoms with van der Waals surface area (Å²) in [5.41, 5.74) is 3.49. The van der Waals surface area contributed by atoms with Crippen molar-refractivity contribution in [3.05, 3.63) is 17.9 Å². The van der Waals surface area contributed by atoms with E-state index in [-0.39, 0.29) is 0 Å². The van der Waals surface area contributed by atoms with Crippen molar-refractivity contribution in [3.63, 3.8) is 0 Å². The third-order valence-electron chi connectivity index (χ3n) is 3.26. The normalized spacial score (nSPS) is 19.2. The topological polar surface area (TPSA) is 23.6 Å². The molecule has 3 heteroatoms. The van der Waals surface area contributed by atoms with Gasteiger partial charge >= 0.3 is 0 Å². The first-order valence-corrected chi connectivity index (χ1v) is 5.76. The molecule has 16 heavy (non-hydrogen) atoms. The molecule has 0 spiro atoms. The summed E-state index contributed by atoms with van der Waals surface area (Å²) >= 11 is 0. The SMILES string of the molecule is C=C=C(CN1CCN(C)CC1)C(C)(C)C=O. The summed E-state index contributed by atoms with van der Waals surface area (Å²) in [5, 5.41) is 0. The van der Waals surface area contributed by atoms with Gasteiger partial charge in [0.1, 0.15) is 6.29 Å². The van der Waals surface area contributed by atoms with Crippen molar-refractivity contribution in [2.45, 2.75) is 13.8 Å². The number of nitrogens with zero attached hydrogens (tertiary/aromatic N) is 2. The van der Waals surface area contributed by atoms with Gasteiger partial charge in [0, 0.05) is 38.1 Å². The fraction of sp³-hybridized carbons (Fsp3) is 0.692. The lowest BCUT2D eigenvalue weighted by molar-refractivity contribution is -0.113. The zero-order chi connectivity index (χ0) is 12.2. The molecule has 1 fully saturated rings. The van der Waals surface area contributed by atoms with Crippen LogP contribution in [0.25, 0.3) is 0 Å². The number of carbonyl (C=O) groups is 1. The van der Waals surface area contributed by atoms with Crippen LogP contribution in [-0.4, -0.2) is 55.9 Å². The van der Waals surface area contributed by atoms with Gasteiger partial charge in [0.2, 0.25) is 0 Å². The Balaban J connectivity index is 2.59. The highest BCUT2D eigenvalue weighted by atomic mass is 16.1. The molecule has 1 aliphatic heterocycles. The number of hydrogen-bond donors (Lipinski definition) is 0. The molecule has 1 aliphatic rings. The molecule has 0 saturated carbocycles. The van der Waals surface area contributed by atoms with Crippen molar-refractivity contribution in [2.75, 3.05) is 39.8 Å². The van der Waals surface area contributed by atoms with Gasteiger partial charge in [0.15, 0.2) is 0 Å². The van der Waals surface area contributed by atoms with E-state index in [0.29, 0.717) is 0 Å². The monoisotopic (exact) mass is 222 g/mol. The van der Waals surface area contributed by atoms with E-state index in [1.54, 1.807) is 0 Å². The van der Waals surface area contributed by atoms with Gasteiger partial charge < -0.3 is 9.69 Å². The third-order valence-corrected chi connectivity index (χ3v) is 3.26. The minimum Gasteiger partial charge on any atom is -0.304 e. The minimum atomic E-state index is -0.439. The van der Waals surface area contributed by atoms with Crippen molar-refractivity contribution in [3.8, 4) is 0 Å². The van der Waals surface area contributed by atoms with Gasteiger partial charge in [-0.25, -0.2) is 0 Å². The first kappa shape index (κ1) is 13.2. The fourth-order valence-corrected chi connectivity index (χ4v) is 1.79. The van der Waals surface area contributed by atoms with Crippen LogP contribution in [0.1, 0.15) is 13.8 Å².